The molecule has 6 nitrogen and oxygen atoms in total. The fourth-order valence-electron chi connectivity index (χ4n) is 2.80. The molecule has 0 radical (unpaired) electrons. The van der Waals surface area contributed by atoms with Crippen LogP contribution in [0.5, 0.6) is 5.75 Å². The number of ether oxygens (including phenoxy) is 2. The van der Waals surface area contributed by atoms with Gasteiger partial charge >= 0.3 is 12.3 Å². The number of benzene rings is 1. The molecule has 0 amide bonds. The molecule has 1 heterocycles. The lowest BCUT2D eigenvalue weighted by atomic mass is 10.1. The lowest BCUT2D eigenvalue weighted by molar-refractivity contribution is -0.274. The first-order chi connectivity index (χ1) is 11.8. The number of carbonyl (C=O) groups is 2. The zero-order chi connectivity index (χ0) is 18.2. The van der Waals surface area contributed by atoms with Crippen molar-refractivity contribution in [2.45, 2.75) is 25.7 Å². The Labute approximate surface area is 140 Å². The second-order valence-electron chi connectivity index (χ2n) is 5.33. The fourth-order valence-corrected chi connectivity index (χ4v) is 2.80. The van der Waals surface area contributed by atoms with E-state index in [1.807, 2.05) is 0 Å². The topological polar surface area (TPSA) is 70.4 Å². The number of alkyl halides is 3. The molecule has 0 saturated heterocycles. The number of rotatable bonds is 4. The Bertz CT molecular complexity index is 829. The molecule has 0 saturated carbocycles. The molecular weight excluding hydrogens is 341 g/mol. The minimum atomic E-state index is -4.81. The van der Waals surface area contributed by atoms with Crippen molar-refractivity contribution in [1.29, 1.82) is 0 Å². The van der Waals surface area contributed by atoms with Gasteiger partial charge in [0.2, 0.25) is 5.82 Å². The number of halogens is 3. The normalized spacial score (nSPS) is 16.6. The van der Waals surface area contributed by atoms with Crippen LogP contribution in [0.4, 0.5) is 13.2 Å². The Balaban J connectivity index is 1.88. The van der Waals surface area contributed by atoms with Crippen LogP contribution in [-0.2, 0) is 11.2 Å². The van der Waals surface area contributed by atoms with Gasteiger partial charge in [-0.05, 0) is 30.7 Å². The van der Waals surface area contributed by atoms with E-state index >= 15 is 0 Å². The maximum Gasteiger partial charge on any atom is 0.573 e. The van der Waals surface area contributed by atoms with Crippen molar-refractivity contribution < 1.29 is 32.2 Å². The Morgan fingerprint density at radius 1 is 1.40 bits per heavy atom. The lowest BCUT2D eigenvalue weighted by Crippen LogP contribution is -2.21. The van der Waals surface area contributed by atoms with Gasteiger partial charge in [-0.2, -0.15) is 0 Å². The second kappa shape index (κ2) is 6.23. The van der Waals surface area contributed by atoms with Gasteiger partial charge in [-0.1, -0.05) is 0 Å². The Kier molecular flexibility index (Phi) is 4.23. The summed E-state index contributed by atoms with van der Waals surface area (Å²) in [5.74, 6) is -1.40. The summed E-state index contributed by atoms with van der Waals surface area (Å²) in [5.41, 5.74) is 0.711. The molecule has 132 valence electrons. The minimum absolute atomic E-state index is 0.0280. The number of Topliss-reactive ketones (excluding diaryl/α,β-unsaturated/α-hetero) is 1. The van der Waals surface area contributed by atoms with E-state index in [9.17, 15) is 22.8 Å². The highest BCUT2D eigenvalue weighted by molar-refractivity contribution is 6.04. The van der Waals surface area contributed by atoms with Gasteiger partial charge < -0.3 is 14.0 Å². The molecule has 0 aliphatic heterocycles. The van der Waals surface area contributed by atoms with Crippen molar-refractivity contribution >= 4 is 11.8 Å². The second-order valence-corrected chi connectivity index (χ2v) is 5.33. The smallest absolute Gasteiger partial charge is 0.460 e. The van der Waals surface area contributed by atoms with Gasteiger partial charge in [-0.15, -0.1) is 13.2 Å². The van der Waals surface area contributed by atoms with Crippen molar-refractivity contribution in [3.63, 3.8) is 0 Å². The zero-order valence-corrected chi connectivity index (χ0v) is 13.0. The summed E-state index contributed by atoms with van der Waals surface area (Å²) in [6.45, 7) is 1.80. The Morgan fingerprint density at radius 2 is 2.16 bits per heavy atom. The van der Waals surface area contributed by atoms with E-state index in [0.29, 0.717) is 11.1 Å². The molecule has 1 aliphatic rings. The monoisotopic (exact) mass is 354 g/mol. The molecule has 1 atom stereocenters. The highest BCUT2D eigenvalue weighted by atomic mass is 19.4. The highest BCUT2D eigenvalue weighted by Gasteiger charge is 2.36. The van der Waals surface area contributed by atoms with E-state index in [1.54, 1.807) is 6.92 Å². The third-order valence-corrected chi connectivity index (χ3v) is 3.75. The van der Waals surface area contributed by atoms with Gasteiger partial charge in [0.1, 0.15) is 11.8 Å². The fraction of sp³-hybridized carbons (Fsp3) is 0.312. The summed E-state index contributed by atoms with van der Waals surface area (Å²) >= 11 is 0. The predicted octanol–water partition coefficient (Wildman–Crippen LogP) is 2.94. The van der Waals surface area contributed by atoms with Gasteiger partial charge in [-0.25, -0.2) is 9.78 Å². The van der Waals surface area contributed by atoms with Crippen LogP contribution in [0.15, 0.2) is 30.6 Å². The van der Waals surface area contributed by atoms with Gasteiger partial charge in [0.15, 0.2) is 5.78 Å². The average molecular weight is 354 g/mol. The maximum atomic E-state index is 12.6. The van der Waals surface area contributed by atoms with Crippen LogP contribution >= 0.6 is 0 Å². The van der Waals surface area contributed by atoms with E-state index in [0.717, 1.165) is 6.07 Å². The molecule has 0 fully saturated rings. The van der Waals surface area contributed by atoms with E-state index in [4.69, 9.17) is 4.74 Å². The van der Waals surface area contributed by atoms with E-state index in [2.05, 4.69) is 9.72 Å². The van der Waals surface area contributed by atoms with E-state index in [-0.39, 0.29) is 24.6 Å². The Hall–Kier alpha value is -2.84. The highest BCUT2D eigenvalue weighted by Crippen LogP contribution is 2.34. The number of hydrogen-bond donors (Lipinski definition) is 0. The summed E-state index contributed by atoms with van der Waals surface area (Å²) in [5, 5.41) is 0. The van der Waals surface area contributed by atoms with Crippen LogP contribution in [0.1, 0.15) is 39.5 Å². The Morgan fingerprint density at radius 3 is 2.84 bits per heavy atom. The summed E-state index contributed by atoms with van der Waals surface area (Å²) in [6, 6.07) is 2.80. The van der Waals surface area contributed by atoms with E-state index in [1.165, 1.54) is 29.1 Å². The molecular formula is C16H13F3N2O4. The van der Waals surface area contributed by atoms with Gasteiger partial charge in [-0.3, -0.25) is 4.79 Å². The average Bonchev–Trinajstić information content (AvgIpc) is 3.10. The molecule has 0 bridgehead atoms. The molecule has 1 unspecified atom stereocenters. The molecule has 3 rings (SSSR count). The van der Waals surface area contributed by atoms with Crippen LogP contribution < -0.4 is 4.74 Å². The SMILES string of the molecule is CCOC(=O)c1nccn1C1Cc2cc(OC(F)(F)F)ccc2C1=O. The molecule has 1 aromatic carbocycles. The van der Waals surface area contributed by atoms with Gasteiger partial charge in [0, 0.05) is 24.4 Å². The van der Waals surface area contributed by atoms with Crippen molar-refractivity contribution in [3.8, 4) is 5.75 Å². The number of hydrogen-bond acceptors (Lipinski definition) is 5. The van der Waals surface area contributed by atoms with Gasteiger partial charge in [0.05, 0.1) is 6.61 Å². The van der Waals surface area contributed by atoms with Crippen LogP contribution in [-0.4, -0.2) is 34.3 Å². The first-order valence-corrected chi connectivity index (χ1v) is 7.43. The third-order valence-electron chi connectivity index (χ3n) is 3.75. The maximum absolute atomic E-state index is 12.6. The summed E-state index contributed by atoms with van der Waals surface area (Å²) < 4.78 is 47.1. The number of ketones is 1. The molecule has 9 heteroatoms. The number of nitrogens with zero attached hydrogens (tertiary/aromatic N) is 2. The third kappa shape index (κ3) is 3.35. The molecule has 0 N–H and O–H groups in total. The van der Waals surface area contributed by atoms with Crippen LogP contribution in [0.2, 0.25) is 0 Å². The van der Waals surface area contributed by atoms with Crippen molar-refractivity contribution in [2.24, 2.45) is 0 Å². The van der Waals surface area contributed by atoms with Gasteiger partial charge in [0.25, 0.3) is 0 Å². The summed E-state index contributed by atoms with van der Waals surface area (Å²) in [6.07, 6.45) is -1.85. The first kappa shape index (κ1) is 17.0. The number of aromatic nitrogens is 2. The lowest BCUT2D eigenvalue weighted by Gasteiger charge is -2.12. The standard InChI is InChI=1S/C16H13F3N2O4/c1-2-24-15(23)14-20-5-6-21(14)12-8-9-7-10(25-16(17,18)19)3-4-11(9)13(12)22/h3-7,12H,2,8H2,1H3. The van der Waals surface area contributed by atoms with Crippen LogP contribution in [0, 0.1) is 0 Å². The molecule has 1 aliphatic carbocycles. The van der Waals surface area contributed by atoms with Crippen LogP contribution in [0.25, 0.3) is 0 Å². The number of fused-ring (bicyclic) bond motifs is 1. The number of imidazole rings is 1. The van der Waals surface area contributed by atoms with Crippen molar-refractivity contribution in [2.75, 3.05) is 6.61 Å². The largest absolute Gasteiger partial charge is 0.573 e. The van der Waals surface area contributed by atoms with E-state index < -0.39 is 24.1 Å². The van der Waals surface area contributed by atoms with Crippen molar-refractivity contribution in [1.82, 2.24) is 9.55 Å². The van der Waals surface area contributed by atoms with Crippen molar-refractivity contribution in [3.05, 3.63) is 47.5 Å². The first-order valence-electron chi connectivity index (χ1n) is 7.43. The summed E-state index contributed by atoms with van der Waals surface area (Å²) in [7, 11) is 0. The molecule has 25 heavy (non-hydrogen) atoms. The molecule has 1 aromatic heterocycles. The predicted molar refractivity (Wildman–Crippen MR) is 78.4 cm³/mol. The molecule has 0 spiro atoms. The zero-order valence-electron chi connectivity index (χ0n) is 13.0. The van der Waals surface area contributed by atoms with Crippen LogP contribution in [0.3, 0.4) is 0 Å². The summed E-state index contributed by atoms with van der Waals surface area (Å²) in [4.78, 5) is 28.4. The number of carbonyl (C=O) groups excluding carboxylic acids is 2. The quantitative estimate of drug-likeness (QED) is 0.790. The number of esters is 1. The molecule has 2 aromatic rings. The minimum Gasteiger partial charge on any atom is -0.460 e.